The normalized spacial score (nSPS) is 20.8. The first-order valence-electron chi connectivity index (χ1n) is 9.19. The first-order valence-corrected chi connectivity index (χ1v) is 9.19. The van der Waals surface area contributed by atoms with E-state index in [1.54, 1.807) is 5.56 Å². The van der Waals surface area contributed by atoms with Gasteiger partial charge < -0.3 is 5.32 Å². The lowest BCUT2D eigenvalue weighted by Crippen LogP contribution is -2.47. The summed E-state index contributed by atoms with van der Waals surface area (Å²) in [5.74, 6) is 0.854. The molecule has 2 fully saturated rings. The van der Waals surface area contributed by atoms with Gasteiger partial charge in [0, 0.05) is 32.2 Å². The summed E-state index contributed by atoms with van der Waals surface area (Å²) in [6.45, 7) is 11.6. The van der Waals surface area contributed by atoms with Crippen molar-refractivity contribution >= 4 is 24.8 Å². The van der Waals surface area contributed by atoms with Crippen molar-refractivity contribution in [3.05, 3.63) is 34.4 Å². The van der Waals surface area contributed by atoms with Gasteiger partial charge in [0.25, 0.3) is 0 Å². The lowest BCUT2D eigenvalue weighted by atomic mass is 9.77. The van der Waals surface area contributed by atoms with E-state index in [0.29, 0.717) is 6.04 Å². The molecule has 0 spiro atoms. The molecule has 1 aromatic rings. The third kappa shape index (κ3) is 4.88. The first-order chi connectivity index (χ1) is 10.7. The van der Waals surface area contributed by atoms with E-state index in [1.807, 2.05) is 0 Å². The molecule has 0 bridgehead atoms. The maximum atomic E-state index is 3.52. The van der Waals surface area contributed by atoms with Gasteiger partial charge in [-0.15, -0.1) is 24.8 Å². The molecule has 1 aliphatic carbocycles. The smallest absolute Gasteiger partial charge is 0.0382 e. The van der Waals surface area contributed by atoms with Crippen LogP contribution in [0.2, 0.25) is 0 Å². The summed E-state index contributed by atoms with van der Waals surface area (Å²) in [5.41, 5.74) is 6.05. The highest BCUT2D eigenvalue weighted by Gasteiger charge is 2.32. The van der Waals surface area contributed by atoms with Crippen LogP contribution >= 0.6 is 24.8 Å². The van der Waals surface area contributed by atoms with Gasteiger partial charge in [-0.3, -0.25) is 4.90 Å². The summed E-state index contributed by atoms with van der Waals surface area (Å²) in [6.07, 6.45) is 7.13. The maximum absolute atomic E-state index is 3.52. The van der Waals surface area contributed by atoms with Crippen molar-refractivity contribution in [2.24, 2.45) is 5.92 Å². The second-order valence-electron chi connectivity index (χ2n) is 7.44. The van der Waals surface area contributed by atoms with Crippen LogP contribution in [0.3, 0.4) is 0 Å². The Morgan fingerprint density at radius 3 is 2.00 bits per heavy atom. The fraction of sp³-hybridized carbons (Fsp3) is 0.700. The minimum Gasteiger partial charge on any atom is -0.314 e. The highest BCUT2D eigenvalue weighted by atomic mass is 35.5. The molecular formula is C20H34Cl2N2. The summed E-state index contributed by atoms with van der Waals surface area (Å²) in [5, 5.41) is 3.52. The van der Waals surface area contributed by atoms with Crippen LogP contribution in [0.5, 0.6) is 0 Å². The number of aryl methyl sites for hydroxylation is 3. The Labute approximate surface area is 160 Å². The molecule has 1 atom stereocenters. The van der Waals surface area contributed by atoms with Gasteiger partial charge in [-0.1, -0.05) is 37.0 Å². The van der Waals surface area contributed by atoms with Crippen LogP contribution in [-0.4, -0.2) is 31.1 Å². The zero-order chi connectivity index (χ0) is 15.5. The van der Waals surface area contributed by atoms with Crippen molar-refractivity contribution < 1.29 is 0 Å². The average Bonchev–Trinajstić information content (AvgIpc) is 2.52. The molecule has 0 aromatic heterocycles. The SMILES string of the molecule is Cc1cc(C)c([C@@H](C2CCCCC2)N2CCNCC2)c(C)c1.Cl.Cl. The van der Waals surface area contributed by atoms with Gasteiger partial charge in [0.05, 0.1) is 0 Å². The molecule has 1 aromatic carbocycles. The van der Waals surface area contributed by atoms with Gasteiger partial charge in [-0.05, 0) is 56.2 Å². The Bertz CT molecular complexity index is 465. The standard InChI is InChI=1S/C20H32N2.2ClH/c1-15-13-16(2)19(17(3)14-15)20(18-7-5-4-6-8-18)22-11-9-21-10-12-22;;/h13-14,18,20-21H,4-12H2,1-3H3;2*1H/t20-;;/m1../s1. The summed E-state index contributed by atoms with van der Waals surface area (Å²) in [6, 6.07) is 5.42. The third-order valence-corrected chi connectivity index (χ3v) is 5.68. The molecular weight excluding hydrogens is 339 g/mol. The van der Waals surface area contributed by atoms with Gasteiger partial charge in [-0.25, -0.2) is 0 Å². The van der Waals surface area contributed by atoms with Crippen LogP contribution in [-0.2, 0) is 0 Å². The minimum atomic E-state index is 0. The lowest BCUT2D eigenvalue weighted by Gasteiger charge is -2.42. The molecule has 3 rings (SSSR count). The number of hydrogen-bond donors (Lipinski definition) is 1. The Morgan fingerprint density at radius 2 is 1.46 bits per heavy atom. The Hall–Kier alpha value is -0.280. The number of nitrogens with one attached hydrogen (secondary N) is 1. The number of hydrogen-bond acceptors (Lipinski definition) is 2. The summed E-state index contributed by atoms with van der Waals surface area (Å²) in [7, 11) is 0. The van der Waals surface area contributed by atoms with E-state index in [2.05, 4.69) is 43.1 Å². The van der Waals surface area contributed by atoms with E-state index < -0.39 is 0 Å². The molecule has 2 nitrogen and oxygen atoms in total. The maximum Gasteiger partial charge on any atom is 0.0382 e. The third-order valence-electron chi connectivity index (χ3n) is 5.68. The Balaban J connectivity index is 0.00000144. The van der Waals surface area contributed by atoms with Crippen LogP contribution in [0.25, 0.3) is 0 Å². The van der Waals surface area contributed by atoms with Crippen molar-refractivity contribution in [1.82, 2.24) is 10.2 Å². The number of halogens is 2. The van der Waals surface area contributed by atoms with Crippen molar-refractivity contribution in [2.75, 3.05) is 26.2 Å². The van der Waals surface area contributed by atoms with Gasteiger partial charge in [0.1, 0.15) is 0 Å². The van der Waals surface area contributed by atoms with Crippen LogP contribution in [0.1, 0.15) is 60.4 Å². The van der Waals surface area contributed by atoms with Gasteiger partial charge in [-0.2, -0.15) is 0 Å². The van der Waals surface area contributed by atoms with E-state index in [0.717, 1.165) is 19.0 Å². The predicted molar refractivity (Wildman–Crippen MR) is 109 cm³/mol. The van der Waals surface area contributed by atoms with Crippen LogP contribution in [0.4, 0.5) is 0 Å². The molecule has 0 amide bonds. The average molecular weight is 373 g/mol. The van der Waals surface area contributed by atoms with Crippen LogP contribution < -0.4 is 5.32 Å². The van der Waals surface area contributed by atoms with Crippen LogP contribution in [0.15, 0.2) is 12.1 Å². The number of benzene rings is 1. The molecule has 24 heavy (non-hydrogen) atoms. The lowest BCUT2D eigenvalue weighted by molar-refractivity contribution is 0.102. The van der Waals surface area contributed by atoms with E-state index >= 15 is 0 Å². The van der Waals surface area contributed by atoms with Gasteiger partial charge in [0.15, 0.2) is 0 Å². The molecule has 1 heterocycles. The van der Waals surface area contributed by atoms with E-state index in [4.69, 9.17) is 0 Å². The second-order valence-corrected chi connectivity index (χ2v) is 7.44. The fourth-order valence-corrected chi connectivity index (χ4v) is 4.78. The predicted octanol–water partition coefficient (Wildman–Crippen LogP) is 4.98. The molecule has 1 aliphatic heterocycles. The Morgan fingerprint density at radius 1 is 0.917 bits per heavy atom. The van der Waals surface area contributed by atoms with Crippen molar-refractivity contribution in [3.8, 4) is 0 Å². The van der Waals surface area contributed by atoms with Gasteiger partial charge >= 0.3 is 0 Å². The molecule has 1 N–H and O–H groups in total. The summed E-state index contributed by atoms with van der Waals surface area (Å²) in [4.78, 5) is 2.77. The van der Waals surface area contributed by atoms with E-state index in [9.17, 15) is 0 Å². The first kappa shape index (κ1) is 21.8. The number of rotatable bonds is 3. The zero-order valence-corrected chi connectivity index (χ0v) is 17.1. The van der Waals surface area contributed by atoms with Gasteiger partial charge in [0.2, 0.25) is 0 Å². The van der Waals surface area contributed by atoms with Crippen molar-refractivity contribution in [1.29, 1.82) is 0 Å². The topological polar surface area (TPSA) is 15.3 Å². The number of nitrogens with zero attached hydrogens (tertiary/aromatic N) is 1. The quantitative estimate of drug-likeness (QED) is 0.804. The molecule has 2 aliphatic rings. The molecule has 1 saturated heterocycles. The molecule has 0 radical (unpaired) electrons. The molecule has 138 valence electrons. The molecule has 4 heteroatoms. The molecule has 1 saturated carbocycles. The van der Waals surface area contributed by atoms with Crippen molar-refractivity contribution in [3.63, 3.8) is 0 Å². The minimum absolute atomic E-state index is 0. The zero-order valence-electron chi connectivity index (χ0n) is 15.4. The fourth-order valence-electron chi connectivity index (χ4n) is 4.78. The summed E-state index contributed by atoms with van der Waals surface area (Å²) >= 11 is 0. The van der Waals surface area contributed by atoms with Crippen LogP contribution in [0, 0.1) is 26.7 Å². The van der Waals surface area contributed by atoms with E-state index in [1.165, 1.54) is 61.9 Å². The highest BCUT2D eigenvalue weighted by Crippen LogP contribution is 2.41. The monoisotopic (exact) mass is 372 g/mol. The summed E-state index contributed by atoms with van der Waals surface area (Å²) < 4.78 is 0. The Kier molecular flexibility index (Phi) is 9.08. The van der Waals surface area contributed by atoms with E-state index in [-0.39, 0.29) is 24.8 Å². The largest absolute Gasteiger partial charge is 0.314 e. The highest BCUT2D eigenvalue weighted by molar-refractivity contribution is 5.85. The number of piperazine rings is 1. The second kappa shape index (κ2) is 10.0. The molecule has 0 unspecified atom stereocenters. The van der Waals surface area contributed by atoms with Crippen molar-refractivity contribution in [2.45, 2.75) is 58.9 Å².